The first-order chi connectivity index (χ1) is 9.63. The number of aryl methyl sites for hydroxylation is 1. The topological polar surface area (TPSA) is 55.1 Å². The van der Waals surface area contributed by atoms with Crippen LogP contribution in [0.15, 0.2) is 24.3 Å². The van der Waals surface area contributed by atoms with E-state index in [1.54, 1.807) is 0 Å². The Morgan fingerprint density at radius 1 is 1.48 bits per heavy atom. The number of fused-ring (bicyclic) bond motifs is 2. The molecule has 1 aromatic carbocycles. The third-order valence-corrected chi connectivity index (χ3v) is 4.91. The number of nitrogens with one attached hydrogen (secondary N) is 1. The molecule has 3 rings (SSSR count). The van der Waals surface area contributed by atoms with Crippen LogP contribution in [0.5, 0.6) is 0 Å². The molecule has 21 heavy (non-hydrogen) atoms. The summed E-state index contributed by atoms with van der Waals surface area (Å²) in [7, 11) is 0. The number of amides is 1. The summed E-state index contributed by atoms with van der Waals surface area (Å²) in [5.41, 5.74) is 8.74. The summed E-state index contributed by atoms with van der Waals surface area (Å²) in [6, 6.07) is 8.82. The van der Waals surface area contributed by atoms with E-state index in [-0.39, 0.29) is 35.7 Å². The highest BCUT2D eigenvalue weighted by atomic mass is 35.5. The zero-order valence-electron chi connectivity index (χ0n) is 12.6. The van der Waals surface area contributed by atoms with Crippen molar-refractivity contribution >= 4 is 18.3 Å². The number of hydrogen-bond acceptors (Lipinski definition) is 2. The molecule has 0 aliphatic heterocycles. The zero-order valence-corrected chi connectivity index (χ0v) is 13.4. The number of benzene rings is 1. The molecule has 3 nitrogen and oxygen atoms in total. The van der Waals surface area contributed by atoms with Crippen LogP contribution in [0.4, 0.5) is 0 Å². The molecule has 0 saturated heterocycles. The maximum Gasteiger partial charge on any atom is 0.224 e. The van der Waals surface area contributed by atoms with Crippen molar-refractivity contribution in [2.24, 2.45) is 11.7 Å². The molecule has 1 fully saturated rings. The van der Waals surface area contributed by atoms with Crippen LogP contribution in [0.25, 0.3) is 0 Å². The molecular weight excluding hydrogens is 284 g/mol. The molecule has 116 valence electrons. The smallest absolute Gasteiger partial charge is 0.224 e. The van der Waals surface area contributed by atoms with Gasteiger partial charge < -0.3 is 11.1 Å². The summed E-state index contributed by atoms with van der Waals surface area (Å²) in [6.07, 6.45) is 5.41. The fraction of sp³-hybridized carbons (Fsp3) is 0.588. The maximum atomic E-state index is 12.3. The van der Waals surface area contributed by atoms with E-state index in [2.05, 4.69) is 29.6 Å². The molecule has 0 bridgehead atoms. The summed E-state index contributed by atoms with van der Waals surface area (Å²) < 4.78 is 0. The Kier molecular flexibility index (Phi) is 4.95. The van der Waals surface area contributed by atoms with Gasteiger partial charge >= 0.3 is 0 Å². The van der Waals surface area contributed by atoms with E-state index in [0.29, 0.717) is 6.54 Å². The average Bonchev–Trinajstić information content (AvgIpc) is 3.14. The van der Waals surface area contributed by atoms with Gasteiger partial charge in [0, 0.05) is 23.9 Å². The van der Waals surface area contributed by atoms with Gasteiger partial charge in [0.1, 0.15) is 0 Å². The van der Waals surface area contributed by atoms with Gasteiger partial charge in [-0.1, -0.05) is 24.3 Å². The highest BCUT2D eigenvalue weighted by Crippen LogP contribution is 2.60. The lowest BCUT2D eigenvalue weighted by molar-refractivity contribution is -0.122. The van der Waals surface area contributed by atoms with Crippen LogP contribution in [0, 0.1) is 5.92 Å². The van der Waals surface area contributed by atoms with Crippen molar-refractivity contribution in [3.63, 3.8) is 0 Å². The predicted molar refractivity (Wildman–Crippen MR) is 87.7 cm³/mol. The molecule has 0 heterocycles. The number of halogens is 1. The second-order valence-corrected chi connectivity index (χ2v) is 6.48. The Labute approximate surface area is 133 Å². The third-order valence-electron chi connectivity index (χ3n) is 4.91. The second kappa shape index (κ2) is 6.37. The normalized spacial score (nSPS) is 27.4. The van der Waals surface area contributed by atoms with Crippen molar-refractivity contribution < 1.29 is 4.79 Å². The molecule has 0 aromatic heterocycles. The molecule has 3 N–H and O–H groups in total. The number of rotatable bonds is 4. The number of carbonyl (C=O) groups excluding carboxylic acids is 1. The standard InChI is InChI=1S/C17H24N2O.ClH/c1-12(18)8-10-19-16(20)15-11-17(15)9-4-6-13-5-2-3-7-14(13)17;/h2-3,5,7,12,15H,4,6,8-11,18H2,1H3,(H,19,20);1H. The molecule has 2 aliphatic rings. The lowest BCUT2D eigenvalue weighted by atomic mass is 9.78. The highest BCUT2D eigenvalue weighted by Gasteiger charge is 2.59. The van der Waals surface area contributed by atoms with E-state index in [4.69, 9.17) is 5.73 Å². The van der Waals surface area contributed by atoms with E-state index >= 15 is 0 Å². The monoisotopic (exact) mass is 308 g/mol. The Balaban J connectivity index is 0.00000161. The molecule has 1 aromatic rings. The van der Waals surface area contributed by atoms with Gasteiger partial charge in [-0.3, -0.25) is 4.79 Å². The van der Waals surface area contributed by atoms with E-state index in [0.717, 1.165) is 25.7 Å². The highest BCUT2D eigenvalue weighted by molar-refractivity contribution is 5.85. The van der Waals surface area contributed by atoms with Crippen molar-refractivity contribution in [2.45, 2.75) is 50.5 Å². The minimum atomic E-state index is 0. The van der Waals surface area contributed by atoms with Gasteiger partial charge in [-0.15, -0.1) is 12.4 Å². The second-order valence-electron chi connectivity index (χ2n) is 6.48. The van der Waals surface area contributed by atoms with Gasteiger partial charge in [0.25, 0.3) is 0 Å². The molecule has 4 heteroatoms. The number of carbonyl (C=O) groups is 1. The zero-order chi connectivity index (χ0) is 14.2. The Morgan fingerprint density at radius 3 is 3.00 bits per heavy atom. The van der Waals surface area contributed by atoms with Crippen LogP contribution in [-0.2, 0) is 16.6 Å². The Hall–Kier alpha value is -1.06. The van der Waals surface area contributed by atoms with E-state index in [1.807, 2.05) is 6.92 Å². The van der Waals surface area contributed by atoms with Crippen LogP contribution >= 0.6 is 12.4 Å². The van der Waals surface area contributed by atoms with E-state index in [1.165, 1.54) is 17.5 Å². The van der Waals surface area contributed by atoms with Gasteiger partial charge in [0.05, 0.1) is 0 Å². The average molecular weight is 309 g/mol. The summed E-state index contributed by atoms with van der Waals surface area (Å²) in [5.74, 6) is 0.402. The fourth-order valence-electron chi connectivity index (χ4n) is 3.72. The number of hydrogen-bond donors (Lipinski definition) is 2. The van der Waals surface area contributed by atoms with Crippen molar-refractivity contribution in [1.82, 2.24) is 5.32 Å². The van der Waals surface area contributed by atoms with Gasteiger partial charge in [0.15, 0.2) is 0 Å². The molecular formula is C17H25ClN2O. The fourth-order valence-corrected chi connectivity index (χ4v) is 3.72. The first-order valence-electron chi connectivity index (χ1n) is 7.75. The van der Waals surface area contributed by atoms with Gasteiger partial charge in [0.2, 0.25) is 5.91 Å². The minimum absolute atomic E-state index is 0. The lowest BCUT2D eigenvalue weighted by Crippen LogP contribution is -2.32. The summed E-state index contributed by atoms with van der Waals surface area (Å²) >= 11 is 0. The van der Waals surface area contributed by atoms with Gasteiger partial charge in [-0.25, -0.2) is 0 Å². The molecule has 0 radical (unpaired) electrons. The molecule has 3 unspecified atom stereocenters. The van der Waals surface area contributed by atoms with Crippen molar-refractivity contribution in [2.75, 3.05) is 6.54 Å². The Bertz CT molecular complexity index is 517. The van der Waals surface area contributed by atoms with Crippen LogP contribution < -0.4 is 11.1 Å². The van der Waals surface area contributed by atoms with Crippen molar-refractivity contribution in [1.29, 1.82) is 0 Å². The first-order valence-corrected chi connectivity index (χ1v) is 7.75. The summed E-state index contributed by atoms with van der Waals surface area (Å²) in [5, 5.41) is 3.06. The van der Waals surface area contributed by atoms with Crippen molar-refractivity contribution in [3.05, 3.63) is 35.4 Å². The predicted octanol–water partition coefficient (Wildman–Crippen LogP) is 2.56. The summed E-state index contributed by atoms with van der Waals surface area (Å²) in [6.45, 7) is 2.67. The minimum Gasteiger partial charge on any atom is -0.356 e. The third kappa shape index (κ3) is 3.09. The molecule has 3 atom stereocenters. The van der Waals surface area contributed by atoms with Crippen LogP contribution in [0.1, 0.15) is 43.7 Å². The van der Waals surface area contributed by atoms with Crippen LogP contribution in [-0.4, -0.2) is 18.5 Å². The summed E-state index contributed by atoms with van der Waals surface area (Å²) in [4.78, 5) is 12.3. The SMILES string of the molecule is CC(N)CCNC(=O)C1CC12CCCc1ccccc12.Cl. The van der Waals surface area contributed by atoms with Crippen molar-refractivity contribution in [3.8, 4) is 0 Å². The molecule has 1 saturated carbocycles. The van der Waals surface area contributed by atoms with E-state index in [9.17, 15) is 4.79 Å². The van der Waals surface area contributed by atoms with Crippen LogP contribution in [0.2, 0.25) is 0 Å². The largest absolute Gasteiger partial charge is 0.356 e. The molecule has 1 amide bonds. The first kappa shape index (κ1) is 16.3. The lowest BCUT2D eigenvalue weighted by Gasteiger charge is -2.26. The number of nitrogens with two attached hydrogens (primary N) is 1. The quantitative estimate of drug-likeness (QED) is 0.898. The van der Waals surface area contributed by atoms with Crippen LogP contribution in [0.3, 0.4) is 0 Å². The van der Waals surface area contributed by atoms with Gasteiger partial charge in [-0.2, -0.15) is 0 Å². The maximum absolute atomic E-state index is 12.3. The van der Waals surface area contributed by atoms with Gasteiger partial charge in [-0.05, 0) is 50.2 Å². The Morgan fingerprint density at radius 2 is 2.24 bits per heavy atom. The molecule has 1 spiro atoms. The van der Waals surface area contributed by atoms with E-state index < -0.39 is 0 Å². The molecule has 2 aliphatic carbocycles.